The Balaban J connectivity index is 3.35. The van der Waals surface area contributed by atoms with Gasteiger partial charge in [-0.25, -0.2) is 0 Å². The lowest BCUT2D eigenvalue weighted by Gasteiger charge is -2.22. The van der Waals surface area contributed by atoms with Crippen LogP contribution < -0.4 is 5.32 Å². The fourth-order valence-electron chi connectivity index (χ4n) is 13.1. The van der Waals surface area contributed by atoms with Crippen molar-refractivity contribution in [2.24, 2.45) is 0 Å². The van der Waals surface area contributed by atoms with Gasteiger partial charge in [-0.2, -0.15) is 0 Å². The first kappa shape index (κ1) is 88.1. The van der Waals surface area contributed by atoms with Crippen molar-refractivity contribution >= 4 is 11.9 Å². The van der Waals surface area contributed by atoms with Gasteiger partial charge in [-0.3, -0.25) is 9.59 Å². The lowest BCUT2D eigenvalue weighted by atomic mass is 10.0. The van der Waals surface area contributed by atoms with E-state index >= 15 is 0 Å². The van der Waals surface area contributed by atoms with Crippen LogP contribution in [-0.4, -0.2) is 47.4 Å². The molecule has 0 saturated carbocycles. The number of allylic oxidation sites excluding steroid dienone is 6. The second-order valence-corrected chi connectivity index (χ2v) is 28.5. The van der Waals surface area contributed by atoms with E-state index in [2.05, 4.69) is 55.6 Å². The zero-order valence-electron chi connectivity index (χ0n) is 61.1. The van der Waals surface area contributed by atoms with Gasteiger partial charge in [-0.15, -0.1) is 0 Å². The van der Waals surface area contributed by atoms with E-state index in [1.807, 2.05) is 0 Å². The summed E-state index contributed by atoms with van der Waals surface area (Å²) >= 11 is 0. The molecule has 2 unspecified atom stereocenters. The Kier molecular flexibility index (Phi) is 77.8. The fourth-order valence-corrected chi connectivity index (χ4v) is 13.1. The minimum Gasteiger partial charge on any atom is -0.466 e. The minimum atomic E-state index is -0.664. The average molecular weight is 1270 g/mol. The molecule has 0 saturated heterocycles. The van der Waals surface area contributed by atoms with Crippen LogP contribution in [0.15, 0.2) is 36.5 Å². The Morgan fingerprint density at radius 1 is 0.311 bits per heavy atom. The van der Waals surface area contributed by atoms with Crippen LogP contribution in [0.2, 0.25) is 0 Å². The zero-order chi connectivity index (χ0) is 64.9. The molecule has 0 aliphatic rings. The first-order valence-corrected chi connectivity index (χ1v) is 41.2. The molecule has 532 valence electrons. The fraction of sp³-hybridized carbons (Fsp3) is 0.905. The Hall–Kier alpha value is -1.92. The molecule has 0 bridgehead atoms. The molecule has 0 radical (unpaired) electrons. The summed E-state index contributed by atoms with van der Waals surface area (Å²) in [5, 5.41) is 23.5. The predicted molar refractivity (Wildman–Crippen MR) is 398 cm³/mol. The molecule has 1 amide bonds. The van der Waals surface area contributed by atoms with Crippen molar-refractivity contribution in [3.8, 4) is 0 Å². The third-order valence-electron chi connectivity index (χ3n) is 19.4. The summed E-state index contributed by atoms with van der Waals surface area (Å²) in [6.07, 6.45) is 104. The number of amides is 1. The van der Waals surface area contributed by atoms with Crippen molar-refractivity contribution in [2.45, 2.75) is 475 Å². The highest BCUT2D eigenvalue weighted by Gasteiger charge is 2.20. The number of hydrogen-bond donors (Lipinski definition) is 3. The number of hydrogen-bond acceptors (Lipinski definition) is 5. The predicted octanol–water partition coefficient (Wildman–Crippen LogP) is 27.4. The summed E-state index contributed by atoms with van der Waals surface area (Å²) in [6, 6.07) is -0.541. The van der Waals surface area contributed by atoms with E-state index in [9.17, 15) is 19.8 Å². The number of esters is 1. The number of carbonyl (C=O) groups is 2. The topological polar surface area (TPSA) is 95.9 Å². The molecule has 90 heavy (non-hydrogen) atoms. The molecule has 0 aliphatic heterocycles. The number of aliphatic hydroxyl groups is 2. The molecule has 6 nitrogen and oxygen atoms in total. The van der Waals surface area contributed by atoms with Gasteiger partial charge in [-0.05, 0) is 83.5 Å². The lowest BCUT2D eigenvalue weighted by molar-refractivity contribution is -0.143. The van der Waals surface area contributed by atoms with Gasteiger partial charge >= 0.3 is 5.97 Å². The Labute approximate surface area is 564 Å². The van der Waals surface area contributed by atoms with E-state index in [1.54, 1.807) is 0 Å². The van der Waals surface area contributed by atoms with Crippen LogP contribution in [0, 0.1) is 0 Å². The minimum absolute atomic E-state index is 0.0154. The molecule has 0 aliphatic carbocycles. The van der Waals surface area contributed by atoms with Gasteiger partial charge in [0.25, 0.3) is 0 Å². The highest BCUT2D eigenvalue weighted by Crippen LogP contribution is 2.20. The van der Waals surface area contributed by atoms with E-state index in [-0.39, 0.29) is 18.5 Å². The van der Waals surface area contributed by atoms with Gasteiger partial charge in [-0.1, -0.05) is 403 Å². The summed E-state index contributed by atoms with van der Waals surface area (Å²) in [5.41, 5.74) is 0. The van der Waals surface area contributed by atoms with Crippen molar-refractivity contribution in [2.75, 3.05) is 13.2 Å². The molecule has 3 N–H and O–H groups in total. The summed E-state index contributed by atoms with van der Waals surface area (Å²) in [7, 11) is 0. The lowest BCUT2D eigenvalue weighted by Crippen LogP contribution is -2.45. The summed E-state index contributed by atoms with van der Waals surface area (Å²) in [4.78, 5) is 24.7. The molecule has 0 heterocycles. The maximum Gasteiger partial charge on any atom is 0.305 e. The molecule has 0 fully saturated rings. The van der Waals surface area contributed by atoms with Crippen LogP contribution in [0.25, 0.3) is 0 Å². The highest BCUT2D eigenvalue weighted by molar-refractivity contribution is 5.76. The smallest absolute Gasteiger partial charge is 0.305 e. The SMILES string of the molecule is CCCCC/C=C\C/C=C\CCCCCCCCCCCC(=O)OCCCCCCCCCCCCCC/C=C\CCCCCCCCCCCCCCCCCCC(=O)NC(CO)C(O)CCCCCCCCCCCCCCCCCCCCCCCC. The quantitative estimate of drug-likeness (QED) is 0.0320. The monoisotopic (exact) mass is 1260 g/mol. The molecular formula is C84H161NO5. The van der Waals surface area contributed by atoms with Crippen molar-refractivity contribution in [1.29, 1.82) is 0 Å². The number of rotatable bonds is 78. The molecule has 0 rings (SSSR count). The Bertz CT molecular complexity index is 1460. The maximum absolute atomic E-state index is 12.6. The number of aliphatic hydroxyl groups excluding tert-OH is 2. The number of carbonyl (C=O) groups excluding carboxylic acids is 2. The summed E-state index contributed by atoms with van der Waals surface area (Å²) < 4.78 is 5.51. The van der Waals surface area contributed by atoms with Crippen LogP contribution in [0.1, 0.15) is 463 Å². The van der Waals surface area contributed by atoms with E-state index < -0.39 is 12.1 Å². The van der Waals surface area contributed by atoms with Gasteiger partial charge < -0.3 is 20.3 Å². The average Bonchev–Trinajstić information content (AvgIpc) is 3.60. The standard InChI is InChI=1S/C84H161NO5/c1-3-5-7-9-11-13-15-17-19-21-23-24-37-41-44-48-52-56-60-64-68-72-76-82(87)81(80-86)85-83(88)77-73-69-65-61-57-53-49-45-42-38-35-33-31-29-27-25-26-28-30-32-34-36-39-43-47-51-55-59-63-67-71-75-79-90-84(89)78-74-70-66-62-58-54-50-46-40-22-20-18-16-14-12-10-8-6-4-2/h12,14,18,20,28,30,81-82,86-87H,3-11,13,15-17,19,21-27,29,31-80H2,1-2H3,(H,85,88)/b14-12-,20-18-,30-28-. The first-order valence-electron chi connectivity index (χ1n) is 41.2. The Morgan fingerprint density at radius 2 is 0.556 bits per heavy atom. The summed E-state index contributed by atoms with van der Waals surface area (Å²) in [5.74, 6) is -0.0116. The second kappa shape index (κ2) is 79.5. The molecule has 2 atom stereocenters. The second-order valence-electron chi connectivity index (χ2n) is 28.5. The molecule has 0 aromatic rings. The van der Waals surface area contributed by atoms with Gasteiger partial charge in [0.05, 0.1) is 25.4 Å². The van der Waals surface area contributed by atoms with Crippen LogP contribution in [0.5, 0.6) is 0 Å². The van der Waals surface area contributed by atoms with E-state index in [4.69, 9.17) is 4.74 Å². The largest absolute Gasteiger partial charge is 0.466 e. The number of unbranched alkanes of at least 4 members (excludes halogenated alkanes) is 61. The van der Waals surface area contributed by atoms with Crippen LogP contribution in [-0.2, 0) is 14.3 Å². The summed E-state index contributed by atoms with van der Waals surface area (Å²) in [6.45, 7) is 4.98. The number of nitrogens with one attached hydrogen (secondary N) is 1. The van der Waals surface area contributed by atoms with E-state index in [1.165, 1.54) is 379 Å². The van der Waals surface area contributed by atoms with Gasteiger partial charge in [0.15, 0.2) is 0 Å². The molecule has 0 aromatic heterocycles. The third-order valence-corrected chi connectivity index (χ3v) is 19.4. The Morgan fingerprint density at radius 3 is 0.878 bits per heavy atom. The molecule has 6 heteroatoms. The third kappa shape index (κ3) is 75.1. The molecule has 0 aromatic carbocycles. The van der Waals surface area contributed by atoms with Gasteiger partial charge in [0, 0.05) is 12.8 Å². The van der Waals surface area contributed by atoms with Gasteiger partial charge in [0.1, 0.15) is 0 Å². The van der Waals surface area contributed by atoms with Crippen molar-refractivity contribution in [3.63, 3.8) is 0 Å². The number of ether oxygens (including phenoxy) is 1. The molecular weight excluding hydrogens is 1100 g/mol. The van der Waals surface area contributed by atoms with Crippen molar-refractivity contribution in [3.05, 3.63) is 36.5 Å². The van der Waals surface area contributed by atoms with Gasteiger partial charge in [0.2, 0.25) is 5.91 Å². The molecule has 0 spiro atoms. The highest BCUT2D eigenvalue weighted by atomic mass is 16.5. The van der Waals surface area contributed by atoms with Crippen LogP contribution >= 0.6 is 0 Å². The van der Waals surface area contributed by atoms with E-state index in [0.717, 1.165) is 51.4 Å². The first-order chi connectivity index (χ1) is 44.5. The van der Waals surface area contributed by atoms with Crippen molar-refractivity contribution in [1.82, 2.24) is 5.32 Å². The van der Waals surface area contributed by atoms with Crippen LogP contribution in [0.4, 0.5) is 0 Å². The maximum atomic E-state index is 12.6. The van der Waals surface area contributed by atoms with Crippen molar-refractivity contribution < 1.29 is 24.5 Å². The van der Waals surface area contributed by atoms with Crippen LogP contribution in [0.3, 0.4) is 0 Å². The normalized spacial score (nSPS) is 12.6. The van der Waals surface area contributed by atoms with E-state index in [0.29, 0.717) is 25.9 Å². The zero-order valence-corrected chi connectivity index (χ0v) is 61.1.